The number of rotatable bonds is 8. The number of nitrogens with zero attached hydrogens (tertiary/aromatic N) is 2. The van der Waals surface area contributed by atoms with Crippen molar-refractivity contribution in [1.29, 1.82) is 0 Å². The van der Waals surface area contributed by atoms with Gasteiger partial charge in [0.2, 0.25) is 0 Å². The molecule has 3 aromatic heterocycles. The minimum Gasteiger partial charge on any atom is -0.497 e. The predicted molar refractivity (Wildman–Crippen MR) is 224 cm³/mol. The predicted octanol–water partition coefficient (Wildman–Crippen LogP) is 10.8. The minimum absolute atomic E-state index is 0. The van der Waals surface area contributed by atoms with Crippen LogP contribution < -0.4 is 18.9 Å². The van der Waals surface area contributed by atoms with Gasteiger partial charge in [-0.25, -0.2) is 4.98 Å². The van der Waals surface area contributed by atoms with Gasteiger partial charge in [0.1, 0.15) is 23.0 Å². The van der Waals surface area contributed by atoms with Crippen LogP contribution in [0, 0.1) is 6.08 Å². The Morgan fingerprint density at radius 3 is 1.44 bits per heavy atom. The smallest absolute Gasteiger partial charge is 0.118 e. The van der Waals surface area contributed by atoms with Crippen molar-refractivity contribution in [3.05, 3.63) is 162 Å². The third-order valence-electron chi connectivity index (χ3n) is 10.1. The summed E-state index contributed by atoms with van der Waals surface area (Å²) in [6, 6.07) is 42.8. The van der Waals surface area contributed by atoms with Gasteiger partial charge in [-0.15, -0.1) is 11.6 Å². The molecule has 2 aliphatic rings. The van der Waals surface area contributed by atoms with Crippen LogP contribution in [-0.2, 0) is 16.8 Å². The van der Waals surface area contributed by atoms with E-state index in [1.807, 2.05) is 84.9 Å². The van der Waals surface area contributed by atoms with E-state index in [1.54, 1.807) is 28.4 Å². The fourth-order valence-electron chi connectivity index (χ4n) is 7.29. The zero-order valence-electron chi connectivity index (χ0n) is 31.6. The number of hydrogen-bond donors (Lipinski definition) is 2. The number of benzene rings is 4. The Hall–Kier alpha value is -6.81. The van der Waals surface area contributed by atoms with Crippen LogP contribution in [0.3, 0.4) is 0 Å². The van der Waals surface area contributed by atoms with Crippen molar-refractivity contribution in [1.82, 2.24) is 19.9 Å². The molecule has 0 atom stereocenters. The largest absolute Gasteiger partial charge is 0.497 e. The fourth-order valence-corrected chi connectivity index (χ4v) is 7.29. The van der Waals surface area contributed by atoms with Crippen LogP contribution >= 0.6 is 0 Å². The molecule has 0 spiro atoms. The van der Waals surface area contributed by atoms with E-state index >= 15 is 0 Å². The van der Waals surface area contributed by atoms with Crippen LogP contribution in [-0.4, -0.2) is 48.4 Å². The first-order valence-corrected chi connectivity index (χ1v) is 18.2. The fraction of sp³-hybridized carbons (Fsp3) is 0.0833. The maximum absolute atomic E-state index is 5.63. The van der Waals surface area contributed by atoms with Gasteiger partial charge in [0.25, 0.3) is 0 Å². The maximum atomic E-state index is 5.63. The molecular weight excluding hydrogens is 755 g/mol. The molecule has 0 saturated carbocycles. The average molecular weight is 793 g/mol. The van der Waals surface area contributed by atoms with Gasteiger partial charge in [0.05, 0.1) is 39.8 Å². The molecule has 9 rings (SSSR count). The summed E-state index contributed by atoms with van der Waals surface area (Å²) in [4.78, 5) is 17.9. The summed E-state index contributed by atoms with van der Waals surface area (Å²) < 4.78 is 22.4. The molecule has 0 fully saturated rings. The van der Waals surface area contributed by atoms with E-state index in [9.17, 15) is 0 Å². The summed E-state index contributed by atoms with van der Waals surface area (Å²) in [5.41, 5.74) is 14.3. The summed E-state index contributed by atoms with van der Waals surface area (Å²) in [7, 11) is 6.70. The summed E-state index contributed by atoms with van der Waals surface area (Å²) in [5, 5.41) is 0. The molecule has 7 aromatic rings. The molecule has 8 bridgehead atoms. The molecule has 4 aromatic carbocycles. The molecule has 283 valence electrons. The van der Waals surface area contributed by atoms with E-state index in [0.29, 0.717) is 5.69 Å². The van der Waals surface area contributed by atoms with E-state index in [0.717, 1.165) is 107 Å². The number of nitrogens with one attached hydrogen (secondary N) is 2. The second-order valence-electron chi connectivity index (χ2n) is 13.4. The van der Waals surface area contributed by atoms with Crippen molar-refractivity contribution in [2.24, 2.45) is 0 Å². The van der Waals surface area contributed by atoms with Crippen LogP contribution in [0.4, 0.5) is 0 Å². The van der Waals surface area contributed by atoms with E-state index in [2.05, 4.69) is 70.6 Å². The first-order valence-electron chi connectivity index (χ1n) is 18.2. The summed E-state index contributed by atoms with van der Waals surface area (Å²) in [6.45, 7) is 0. The van der Waals surface area contributed by atoms with Crippen molar-refractivity contribution in [3.63, 3.8) is 0 Å². The number of hydrogen-bond acceptors (Lipinski definition) is 6. The number of fused-ring (bicyclic) bond motifs is 8. The Morgan fingerprint density at radius 1 is 0.456 bits per heavy atom. The number of H-pyrrole nitrogens is 2. The van der Waals surface area contributed by atoms with Crippen molar-refractivity contribution in [2.45, 2.75) is 0 Å². The molecule has 0 aliphatic carbocycles. The second kappa shape index (κ2) is 15.7. The molecular formula is C48H37CoN4O4-. The van der Waals surface area contributed by atoms with Crippen LogP contribution in [0.25, 0.3) is 73.2 Å². The van der Waals surface area contributed by atoms with Crippen LogP contribution in [0.2, 0.25) is 0 Å². The van der Waals surface area contributed by atoms with Gasteiger partial charge in [-0.3, -0.25) is 0 Å². The van der Waals surface area contributed by atoms with Crippen molar-refractivity contribution < 1.29 is 35.7 Å². The summed E-state index contributed by atoms with van der Waals surface area (Å²) >= 11 is 0. The maximum Gasteiger partial charge on any atom is 0.118 e. The zero-order chi connectivity index (χ0) is 38.2. The van der Waals surface area contributed by atoms with E-state index in [-0.39, 0.29) is 16.8 Å². The van der Waals surface area contributed by atoms with E-state index in [4.69, 9.17) is 28.9 Å². The average Bonchev–Trinajstić information content (AvgIpc) is 4.06. The van der Waals surface area contributed by atoms with Crippen molar-refractivity contribution in [2.75, 3.05) is 28.4 Å². The molecule has 2 aliphatic heterocycles. The van der Waals surface area contributed by atoms with Gasteiger partial charge < -0.3 is 33.9 Å². The summed E-state index contributed by atoms with van der Waals surface area (Å²) in [5.74, 6) is 3.05. The van der Waals surface area contributed by atoms with E-state index < -0.39 is 0 Å². The molecule has 0 amide bonds. The molecule has 1 radical (unpaired) electrons. The Balaban J connectivity index is 0.00000455. The molecule has 5 heterocycles. The van der Waals surface area contributed by atoms with Gasteiger partial charge in [-0.05, 0) is 124 Å². The Labute approximate surface area is 340 Å². The normalized spacial score (nSPS) is 11.8. The molecule has 0 unspecified atom stereocenters. The van der Waals surface area contributed by atoms with E-state index in [1.165, 1.54) is 0 Å². The number of aromatic nitrogens is 4. The first kappa shape index (κ1) is 37.1. The topological polar surface area (TPSA) is 94.3 Å². The summed E-state index contributed by atoms with van der Waals surface area (Å²) in [6.07, 6.45) is 7.76. The van der Waals surface area contributed by atoms with Gasteiger partial charge in [0, 0.05) is 44.5 Å². The van der Waals surface area contributed by atoms with Gasteiger partial charge >= 0.3 is 0 Å². The van der Waals surface area contributed by atoms with Crippen LogP contribution in [0.5, 0.6) is 23.0 Å². The third kappa shape index (κ3) is 7.22. The number of aromatic amines is 2. The van der Waals surface area contributed by atoms with Crippen molar-refractivity contribution in [3.8, 4) is 56.4 Å². The van der Waals surface area contributed by atoms with Gasteiger partial charge in [-0.1, -0.05) is 60.2 Å². The molecule has 8 nitrogen and oxygen atoms in total. The minimum atomic E-state index is 0. The Morgan fingerprint density at radius 2 is 0.912 bits per heavy atom. The van der Waals surface area contributed by atoms with Crippen molar-refractivity contribution >= 4 is 39.8 Å². The Bertz CT molecular complexity index is 2820. The standard InChI is InChI=1S/C48H37N4O4.Co/c1-53-38-17-5-29(6-18-38)42-27-37-26-35-14-13-33(49-35)25-34-15-16-36(50-34)28-43-44(30-7-19-39(54-2)20-8-30)45(31-9-21-40(55-3)22-10-31)48(52-43)46(47(42)51-37)32-11-23-41(56-4)24-12-32;/h5-26,28,49,52H,1-4H3;/q-1;. The molecule has 9 heteroatoms. The molecule has 0 saturated heterocycles. The SMILES string of the molecule is COc1ccc(C2=[C-]c3cc4ccc(cc5nc(cc6[nH]c(c(-c7ccc(OC)cc7)c2n3)c(-c2ccc(OC)cc2)c6-c2ccc(OC)cc2)C=C5)[nH]4)cc1.[Co]. The monoisotopic (exact) mass is 792 g/mol. The number of ether oxygens (including phenoxy) is 4. The van der Waals surface area contributed by atoms with Gasteiger partial charge in [0.15, 0.2) is 0 Å². The van der Waals surface area contributed by atoms with Gasteiger partial charge in [-0.2, -0.15) is 0 Å². The van der Waals surface area contributed by atoms with Crippen LogP contribution in [0.15, 0.2) is 127 Å². The molecule has 57 heavy (non-hydrogen) atoms. The molecule has 2 N–H and O–H groups in total. The second-order valence-corrected chi connectivity index (χ2v) is 13.4. The third-order valence-corrected chi connectivity index (χ3v) is 10.1. The zero-order valence-corrected chi connectivity index (χ0v) is 32.7. The number of methoxy groups -OCH3 is 4. The first-order chi connectivity index (χ1) is 27.5. The van der Waals surface area contributed by atoms with Crippen LogP contribution in [0.1, 0.15) is 28.3 Å². The quantitative estimate of drug-likeness (QED) is 0.149. The Kier molecular flexibility index (Phi) is 10.3.